The van der Waals surface area contributed by atoms with Crippen LogP contribution in [0.5, 0.6) is 0 Å². The number of piperazine rings is 1. The molecule has 2 aliphatic heterocycles. The molecule has 0 aliphatic carbocycles. The van der Waals surface area contributed by atoms with Crippen molar-refractivity contribution in [3.63, 3.8) is 0 Å². The first-order valence-electron chi connectivity index (χ1n) is 11.0. The van der Waals surface area contributed by atoms with Crippen LogP contribution in [-0.2, 0) is 16.0 Å². The van der Waals surface area contributed by atoms with Crippen LogP contribution in [0.3, 0.4) is 0 Å². The van der Waals surface area contributed by atoms with E-state index in [9.17, 15) is 19.7 Å². The van der Waals surface area contributed by atoms with Gasteiger partial charge >= 0.3 is 0 Å². The first kappa shape index (κ1) is 22.7. The summed E-state index contributed by atoms with van der Waals surface area (Å²) >= 11 is 0. The molecule has 0 spiro atoms. The Hall–Kier alpha value is -3.46. The third kappa shape index (κ3) is 4.16. The molecule has 1 saturated heterocycles. The number of carbonyl (C=O) groups excluding carboxylic acids is 2. The van der Waals surface area contributed by atoms with Crippen LogP contribution < -0.4 is 4.90 Å². The number of ether oxygens (including phenoxy) is 1. The maximum Gasteiger partial charge on any atom is 0.270 e. The van der Waals surface area contributed by atoms with Gasteiger partial charge < -0.3 is 19.4 Å². The van der Waals surface area contributed by atoms with Gasteiger partial charge in [-0.25, -0.2) is 0 Å². The Balaban J connectivity index is 1.82. The van der Waals surface area contributed by atoms with Gasteiger partial charge in [0, 0.05) is 38.2 Å². The summed E-state index contributed by atoms with van der Waals surface area (Å²) in [5.41, 5.74) is 1.71. The van der Waals surface area contributed by atoms with Crippen molar-refractivity contribution in [1.82, 2.24) is 9.80 Å². The van der Waals surface area contributed by atoms with E-state index in [4.69, 9.17) is 4.74 Å². The smallest absolute Gasteiger partial charge is 0.270 e. The van der Waals surface area contributed by atoms with E-state index in [1.165, 1.54) is 12.1 Å². The zero-order valence-electron chi connectivity index (χ0n) is 19.0. The average molecular weight is 453 g/mol. The number of methoxy groups -OCH3 is 1. The van der Waals surface area contributed by atoms with Gasteiger partial charge in [0.05, 0.1) is 29.3 Å². The number of rotatable bonds is 7. The number of non-ortho nitro benzene ring substituents is 1. The van der Waals surface area contributed by atoms with E-state index in [-0.39, 0.29) is 35.3 Å². The van der Waals surface area contributed by atoms with Gasteiger partial charge in [-0.3, -0.25) is 19.7 Å². The summed E-state index contributed by atoms with van der Waals surface area (Å²) in [5.74, 6) is -0.491. The van der Waals surface area contributed by atoms with Gasteiger partial charge in [0.25, 0.3) is 11.6 Å². The lowest BCUT2D eigenvalue weighted by Crippen LogP contribution is -2.71. The minimum absolute atomic E-state index is 0.000610. The third-order valence-electron chi connectivity index (χ3n) is 6.29. The number of carbonyl (C=O) groups is 2. The lowest BCUT2D eigenvalue weighted by atomic mass is 9.94. The topological polar surface area (TPSA) is 96.2 Å². The largest absolute Gasteiger partial charge is 0.383 e. The molecule has 2 atom stereocenters. The molecule has 2 aromatic carbocycles. The maximum absolute atomic E-state index is 13.7. The number of benzene rings is 2. The van der Waals surface area contributed by atoms with Crippen LogP contribution >= 0.6 is 0 Å². The predicted molar refractivity (Wildman–Crippen MR) is 123 cm³/mol. The monoisotopic (exact) mass is 452 g/mol. The van der Waals surface area contributed by atoms with Crippen LogP contribution in [0.2, 0.25) is 0 Å². The van der Waals surface area contributed by atoms with Crippen molar-refractivity contribution in [2.75, 3.05) is 31.7 Å². The molecule has 0 unspecified atom stereocenters. The van der Waals surface area contributed by atoms with E-state index >= 15 is 0 Å². The van der Waals surface area contributed by atoms with E-state index in [2.05, 4.69) is 4.90 Å². The maximum atomic E-state index is 13.7. The number of hydrogen-bond donors (Lipinski definition) is 0. The lowest BCUT2D eigenvalue weighted by Gasteiger charge is -2.54. The molecule has 9 heteroatoms. The molecule has 2 amide bonds. The van der Waals surface area contributed by atoms with Crippen LogP contribution in [0.25, 0.3) is 0 Å². The van der Waals surface area contributed by atoms with Crippen molar-refractivity contribution >= 4 is 23.2 Å². The van der Waals surface area contributed by atoms with Crippen molar-refractivity contribution in [2.24, 2.45) is 0 Å². The highest BCUT2D eigenvalue weighted by Crippen LogP contribution is 2.38. The minimum atomic E-state index is -0.718. The van der Waals surface area contributed by atoms with Gasteiger partial charge in [-0.05, 0) is 25.5 Å². The van der Waals surface area contributed by atoms with Crippen molar-refractivity contribution in [1.29, 1.82) is 0 Å². The second-order valence-electron chi connectivity index (χ2n) is 8.64. The highest BCUT2D eigenvalue weighted by atomic mass is 16.6. The van der Waals surface area contributed by atoms with E-state index < -0.39 is 11.0 Å². The Morgan fingerprint density at radius 1 is 1.15 bits per heavy atom. The molecule has 0 aromatic heterocycles. The molecular weight excluding hydrogens is 424 g/mol. The normalized spacial score (nSPS) is 20.2. The minimum Gasteiger partial charge on any atom is -0.383 e. The molecule has 0 N–H and O–H groups in total. The Morgan fingerprint density at radius 3 is 2.52 bits per heavy atom. The number of anilines is 1. The number of hydrogen-bond acceptors (Lipinski definition) is 6. The summed E-state index contributed by atoms with van der Waals surface area (Å²) in [4.78, 5) is 43.7. The summed E-state index contributed by atoms with van der Waals surface area (Å²) < 4.78 is 5.22. The first-order valence-corrected chi connectivity index (χ1v) is 11.0. The zero-order valence-corrected chi connectivity index (χ0v) is 19.0. The van der Waals surface area contributed by atoms with Gasteiger partial charge in [-0.1, -0.05) is 30.3 Å². The summed E-state index contributed by atoms with van der Waals surface area (Å²) in [5, 5.41) is 11.4. The Bertz CT molecular complexity index is 1060. The molecule has 174 valence electrons. The zero-order chi connectivity index (χ0) is 23.7. The number of nitrogens with zero attached hydrogens (tertiary/aromatic N) is 4. The molecule has 1 fully saturated rings. The van der Waals surface area contributed by atoms with Crippen LogP contribution in [0.15, 0.2) is 48.5 Å². The van der Waals surface area contributed by atoms with Crippen molar-refractivity contribution in [2.45, 2.75) is 38.5 Å². The van der Waals surface area contributed by atoms with Crippen LogP contribution in [-0.4, -0.2) is 71.6 Å². The Labute approximate surface area is 192 Å². The Kier molecular flexibility index (Phi) is 6.33. The first-order chi connectivity index (χ1) is 15.8. The summed E-state index contributed by atoms with van der Waals surface area (Å²) in [6.07, 6.45) is -0.0172. The van der Waals surface area contributed by atoms with E-state index in [0.717, 1.165) is 5.56 Å². The summed E-state index contributed by atoms with van der Waals surface area (Å²) in [7, 11) is 1.59. The Morgan fingerprint density at radius 2 is 1.88 bits per heavy atom. The second-order valence-corrected chi connectivity index (χ2v) is 8.64. The quantitative estimate of drug-likeness (QED) is 0.473. The average Bonchev–Trinajstić information content (AvgIpc) is 2.80. The van der Waals surface area contributed by atoms with Crippen LogP contribution in [0.4, 0.5) is 11.4 Å². The van der Waals surface area contributed by atoms with Gasteiger partial charge in [0.15, 0.2) is 0 Å². The molecule has 9 nitrogen and oxygen atoms in total. The number of nitro benzene ring substituents is 1. The standard InChI is InChI=1S/C24H28N4O5/c1-16(2)26-20-10-9-18(28(31)32)14-19(20)23(29)27-21(13-17-7-5-4-6-8-17)24(30)25(11-12-33-3)15-22(26)27/h4-10,14,16,21-22H,11-13,15H2,1-3H3/t21-,22+/m0/s1. The van der Waals surface area contributed by atoms with Crippen molar-refractivity contribution in [3.05, 3.63) is 69.8 Å². The summed E-state index contributed by atoms with van der Waals surface area (Å²) in [6.45, 7) is 5.20. The van der Waals surface area contributed by atoms with Gasteiger partial charge in [0.2, 0.25) is 5.91 Å². The fourth-order valence-corrected chi connectivity index (χ4v) is 4.79. The van der Waals surface area contributed by atoms with Crippen LogP contribution in [0, 0.1) is 10.1 Å². The number of amides is 2. The van der Waals surface area contributed by atoms with E-state index in [1.807, 2.05) is 44.2 Å². The van der Waals surface area contributed by atoms with E-state index in [1.54, 1.807) is 23.0 Å². The van der Waals surface area contributed by atoms with Gasteiger partial charge in [-0.15, -0.1) is 0 Å². The number of nitro groups is 1. The fraction of sp³-hybridized carbons (Fsp3) is 0.417. The highest BCUT2D eigenvalue weighted by molar-refractivity contribution is 6.05. The second kappa shape index (κ2) is 9.19. The third-order valence-corrected chi connectivity index (χ3v) is 6.29. The van der Waals surface area contributed by atoms with Crippen molar-refractivity contribution < 1.29 is 19.2 Å². The molecule has 0 radical (unpaired) electrons. The predicted octanol–water partition coefficient (Wildman–Crippen LogP) is 2.69. The molecule has 0 saturated carbocycles. The van der Waals surface area contributed by atoms with Crippen molar-refractivity contribution in [3.8, 4) is 0 Å². The highest BCUT2D eigenvalue weighted by Gasteiger charge is 2.49. The molecule has 2 aromatic rings. The van der Waals surface area contributed by atoms with Gasteiger partial charge in [0.1, 0.15) is 12.2 Å². The molecule has 2 aliphatic rings. The molecule has 2 heterocycles. The molecule has 0 bridgehead atoms. The number of fused-ring (bicyclic) bond motifs is 2. The van der Waals surface area contributed by atoms with Gasteiger partial charge in [-0.2, -0.15) is 0 Å². The molecule has 4 rings (SSSR count). The summed E-state index contributed by atoms with van der Waals surface area (Å²) in [6, 6.07) is 13.3. The van der Waals surface area contributed by atoms with Crippen LogP contribution in [0.1, 0.15) is 29.8 Å². The molecule has 33 heavy (non-hydrogen) atoms. The van der Waals surface area contributed by atoms with E-state index in [0.29, 0.717) is 31.8 Å². The molecular formula is C24H28N4O5. The lowest BCUT2D eigenvalue weighted by molar-refractivity contribution is -0.384. The fourth-order valence-electron chi connectivity index (χ4n) is 4.79. The SMILES string of the molecule is COCCN1C[C@@H]2N(C(C)C)c3ccc([N+](=O)[O-])cc3C(=O)N2[C@@H](Cc2ccccc2)C1=O.